The Morgan fingerprint density at radius 3 is 2.33 bits per heavy atom. The molecule has 1 heterocycles. The number of benzene rings is 3. The predicted octanol–water partition coefficient (Wildman–Crippen LogP) is 5.41. The molecule has 0 saturated heterocycles. The summed E-state index contributed by atoms with van der Waals surface area (Å²) in [6, 6.07) is 13.9. The lowest BCUT2D eigenvalue weighted by Gasteiger charge is -2.15. The first-order valence-electron chi connectivity index (χ1n) is 8.86. The van der Waals surface area contributed by atoms with Gasteiger partial charge in [-0.2, -0.15) is 18.3 Å². The van der Waals surface area contributed by atoms with Gasteiger partial charge in [-0.15, -0.1) is 0 Å². The molecule has 0 aliphatic rings. The Balaban J connectivity index is 1.98. The molecular weight excluding hydrogens is 403 g/mol. The van der Waals surface area contributed by atoms with Crippen molar-refractivity contribution in [1.29, 1.82) is 0 Å². The molecule has 3 aromatic carbocycles. The molecule has 1 aromatic heterocycles. The molecular formula is C22H13F5N2O. The third kappa shape index (κ3) is 3.56. The molecule has 4 aromatic rings. The van der Waals surface area contributed by atoms with E-state index in [0.717, 1.165) is 12.1 Å². The molecule has 8 heteroatoms. The van der Waals surface area contributed by atoms with Gasteiger partial charge >= 0.3 is 6.18 Å². The highest BCUT2D eigenvalue weighted by Crippen LogP contribution is 2.35. The van der Waals surface area contributed by atoms with Gasteiger partial charge in [-0.1, -0.05) is 36.4 Å². The molecule has 0 radical (unpaired) electrons. The first-order valence-corrected chi connectivity index (χ1v) is 8.86. The van der Waals surface area contributed by atoms with E-state index < -0.39 is 34.5 Å². The average molecular weight is 416 g/mol. The molecule has 152 valence electrons. The number of hydrogen-bond acceptors (Lipinski definition) is 2. The lowest BCUT2D eigenvalue weighted by molar-refractivity contribution is -0.137. The Hall–Kier alpha value is -3.55. The zero-order valence-electron chi connectivity index (χ0n) is 15.3. The fraction of sp³-hybridized carbons (Fsp3) is 0.0909. The van der Waals surface area contributed by atoms with Gasteiger partial charge in [0.2, 0.25) is 5.43 Å². The monoisotopic (exact) mass is 416 g/mol. The Labute approximate surface area is 167 Å². The molecule has 0 amide bonds. The minimum Gasteiger partial charge on any atom is -0.287 e. The lowest BCUT2D eigenvalue weighted by Crippen LogP contribution is -2.19. The average Bonchev–Trinajstić information content (AvgIpc) is 2.71. The molecule has 0 fully saturated rings. The molecule has 0 aliphatic heterocycles. The van der Waals surface area contributed by atoms with E-state index in [1.54, 1.807) is 18.2 Å². The van der Waals surface area contributed by atoms with E-state index in [0.29, 0.717) is 11.6 Å². The van der Waals surface area contributed by atoms with E-state index >= 15 is 0 Å². The second-order valence-corrected chi connectivity index (χ2v) is 6.63. The molecule has 0 N–H and O–H groups in total. The van der Waals surface area contributed by atoms with Crippen LogP contribution in [0.4, 0.5) is 22.0 Å². The minimum atomic E-state index is -4.69. The van der Waals surface area contributed by atoms with Crippen molar-refractivity contribution in [2.45, 2.75) is 12.7 Å². The normalized spacial score (nSPS) is 11.8. The van der Waals surface area contributed by atoms with Crippen LogP contribution < -0.4 is 5.43 Å². The third-order valence-electron chi connectivity index (χ3n) is 4.69. The molecule has 30 heavy (non-hydrogen) atoms. The van der Waals surface area contributed by atoms with Crippen LogP contribution in [0.5, 0.6) is 0 Å². The van der Waals surface area contributed by atoms with Crippen molar-refractivity contribution < 1.29 is 22.0 Å². The van der Waals surface area contributed by atoms with E-state index in [1.807, 2.05) is 0 Å². The first-order chi connectivity index (χ1) is 14.3. The van der Waals surface area contributed by atoms with Crippen molar-refractivity contribution in [1.82, 2.24) is 9.78 Å². The second kappa shape index (κ2) is 7.37. The van der Waals surface area contributed by atoms with Crippen molar-refractivity contribution in [3.05, 3.63) is 99.7 Å². The Morgan fingerprint density at radius 2 is 1.60 bits per heavy atom. The van der Waals surface area contributed by atoms with Gasteiger partial charge in [0.1, 0.15) is 17.3 Å². The standard InChI is InChI=1S/C22H13F5N2O/c23-14-10-9-13(18(24)11-14)12-29-19-8-4-2-6-16(19)21(30)20(28-29)15-5-1-3-7-17(15)22(25,26)27/h1-11H,12H2. The van der Waals surface area contributed by atoms with Gasteiger partial charge in [0, 0.05) is 22.6 Å². The Kier molecular flexibility index (Phi) is 4.85. The molecule has 0 spiro atoms. The van der Waals surface area contributed by atoms with Crippen LogP contribution in [0.25, 0.3) is 22.2 Å². The smallest absolute Gasteiger partial charge is 0.287 e. The maximum atomic E-state index is 14.2. The number of fused-ring (bicyclic) bond motifs is 1. The highest BCUT2D eigenvalue weighted by Gasteiger charge is 2.34. The zero-order valence-corrected chi connectivity index (χ0v) is 15.3. The van der Waals surface area contributed by atoms with Gasteiger partial charge in [-0.3, -0.25) is 9.48 Å². The Bertz CT molecular complexity index is 1310. The van der Waals surface area contributed by atoms with Gasteiger partial charge < -0.3 is 0 Å². The maximum absolute atomic E-state index is 14.2. The lowest BCUT2D eigenvalue weighted by atomic mass is 10.0. The zero-order chi connectivity index (χ0) is 21.5. The number of nitrogens with zero attached hydrogens (tertiary/aromatic N) is 2. The van der Waals surface area contributed by atoms with Crippen molar-refractivity contribution in [3.63, 3.8) is 0 Å². The number of para-hydroxylation sites is 1. The van der Waals surface area contributed by atoms with Gasteiger partial charge in [0.05, 0.1) is 17.6 Å². The second-order valence-electron chi connectivity index (χ2n) is 6.63. The maximum Gasteiger partial charge on any atom is 0.417 e. The summed E-state index contributed by atoms with van der Waals surface area (Å²) in [5.41, 5.74) is -2.03. The number of halogens is 5. The van der Waals surface area contributed by atoms with Crippen LogP contribution in [0.3, 0.4) is 0 Å². The number of aromatic nitrogens is 2. The fourth-order valence-electron chi connectivity index (χ4n) is 3.28. The van der Waals surface area contributed by atoms with Crippen LogP contribution in [-0.4, -0.2) is 9.78 Å². The van der Waals surface area contributed by atoms with E-state index in [9.17, 15) is 26.7 Å². The van der Waals surface area contributed by atoms with Crippen LogP contribution in [-0.2, 0) is 12.7 Å². The van der Waals surface area contributed by atoms with Crippen LogP contribution in [0.15, 0.2) is 71.5 Å². The minimum absolute atomic E-state index is 0.0766. The van der Waals surface area contributed by atoms with Crippen LogP contribution >= 0.6 is 0 Å². The predicted molar refractivity (Wildman–Crippen MR) is 102 cm³/mol. The molecule has 0 bridgehead atoms. The van der Waals surface area contributed by atoms with Crippen molar-refractivity contribution >= 4 is 10.9 Å². The summed E-state index contributed by atoms with van der Waals surface area (Å²) in [6.45, 7) is -0.200. The molecule has 0 aliphatic carbocycles. The summed E-state index contributed by atoms with van der Waals surface area (Å²) >= 11 is 0. The van der Waals surface area contributed by atoms with Gasteiger partial charge in [0.25, 0.3) is 0 Å². The molecule has 4 rings (SSSR count). The number of rotatable bonds is 3. The van der Waals surface area contributed by atoms with Crippen LogP contribution in [0.1, 0.15) is 11.1 Å². The molecule has 0 atom stereocenters. The highest BCUT2D eigenvalue weighted by atomic mass is 19.4. The van der Waals surface area contributed by atoms with Crippen LogP contribution in [0, 0.1) is 11.6 Å². The number of hydrogen-bond donors (Lipinski definition) is 0. The Morgan fingerprint density at radius 1 is 0.900 bits per heavy atom. The largest absolute Gasteiger partial charge is 0.417 e. The van der Waals surface area contributed by atoms with Gasteiger partial charge in [0.15, 0.2) is 0 Å². The quantitative estimate of drug-likeness (QED) is 0.419. The summed E-state index contributed by atoms with van der Waals surface area (Å²) < 4.78 is 69.1. The topological polar surface area (TPSA) is 34.9 Å². The summed E-state index contributed by atoms with van der Waals surface area (Å²) in [5, 5.41) is 4.29. The van der Waals surface area contributed by atoms with Gasteiger partial charge in [-0.05, 0) is 24.3 Å². The molecule has 3 nitrogen and oxygen atoms in total. The summed E-state index contributed by atoms with van der Waals surface area (Å²) in [7, 11) is 0. The highest BCUT2D eigenvalue weighted by molar-refractivity contribution is 5.82. The fourth-order valence-corrected chi connectivity index (χ4v) is 3.28. The third-order valence-corrected chi connectivity index (χ3v) is 4.69. The summed E-state index contributed by atoms with van der Waals surface area (Å²) in [4.78, 5) is 13.0. The van der Waals surface area contributed by atoms with Gasteiger partial charge in [-0.25, -0.2) is 8.78 Å². The van der Waals surface area contributed by atoms with Crippen LogP contribution in [0.2, 0.25) is 0 Å². The first kappa shape index (κ1) is 19.8. The number of alkyl halides is 3. The van der Waals surface area contributed by atoms with Crippen molar-refractivity contribution in [3.8, 4) is 11.3 Å². The summed E-state index contributed by atoms with van der Waals surface area (Å²) in [6.07, 6.45) is -4.69. The SMILES string of the molecule is O=c1c(-c2ccccc2C(F)(F)F)nn(Cc2ccc(F)cc2F)c2ccccc12. The van der Waals surface area contributed by atoms with E-state index in [-0.39, 0.29) is 23.1 Å². The van der Waals surface area contributed by atoms with Crippen molar-refractivity contribution in [2.75, 3.05) is 0 Å². The van der Waals surface area contributed by atoms with Crippen molar-refractivity contribution in [2.24, 2.45) is 0 Å². The summed E-state index contributed by atoms with van der Waals surface area (Å²) in [5.74, 6) is -1.58. The van der Waals surface area contributed by atoms with E-state index in [2.05, 4.69) is 5.10 Å². The van der Waals surface area contributed by atoms with E-state index in [1.165, 1.54) is 35.0 Å². The van der Waals surface area contributed by atoms with E-state index in [4.69, 9.17) is 0 Å². The molecule has 0 saturated carbocycles. The molecule has 0 unspecified atom stereocenters.